The first-order valence-electron chi connectivity index (χ1n) is 10.4. The Morgan fingerprint density at radius 1 is 1.23 bits per heavy atom. The summed E-state index contributed by atoms with van der Waals surface area (Å²) in [7, 11) is 1.62. The predicted molar refractivity (Wildman–Crippen MR) is 118 cm³/mol. The minimum Gasteiger partial charge on any atom is -0.495 e. The summed E-state index contributed by atoms with van der Waals surface area (Å²) in [6.45, 7) is 2.03. The minimum atomic E-state index is 0.378. The van der Waals surface area contributed by atoms with Gasteiger partial charge in [-0.2, -0.15) is 0 Å². The number of hydrogen-bond acceptors (Lipinski definition) is 4. The highest BCUT2D eigenvalue weighted by Gasteiger charge is 2.39. The number of imidazole rings is 1. The lowest BCUT2D eigenvalue weighted by Crippen LogP contribution is -2.46. The van der Waals surface area contributed by atoms with E-state index in [1.165, 1.54) is 0 Å². The number of fused-ring (bicyclic) bond motifs is 3. The van der Waals surface area contributed by atoms with E-state index in [0.29, 0.717) is 28.9 Å². The zero-order chi connectivity index (χ0) is 20.8. The molecule has 2 bridgehead atoms. The molecule has 0 spiro atoms. The molecule has 3 aromatic rings. The third kappa shape index (κ3) is 3.29. The van der Waals surface area contributed by atoms with Crippen molar-refractivity contribution >= 4 is 29.3 Å². The molecule has 0 aliphatic carbocycles. The summed E-state index contributed by atoms with van der Waals surface area (Å²) in [6.07, 6.45) is 9.33. The number of nitrogens with zero attached hydrogens (tertiary/aromatic N) is 3. The summed E-state index contributed by atoms with van der Waals surface area (Å²) in [6, 6.07) is 9.16. The van der Waals surface area contributed by atoms with Crippen molar-refractivity contribution in [1.29, 1.82) is 0 Å². The number of benzene rings is 1. The van der Waals surface area contributed by atoms with E-state index in [4.69, 9.17) is 21.3 Å². The van der Waals surface area contributed by atoms with Crippen LogP contribution in [0.4, 0.5) is 5.69 Å². The van der Waals surface area contributed by atoms with Crippen LogP contribution in [-0.4, -0.2) is 45.9 Å². The molecule has 5 rings (SSSR count). The molecular formula is C23H25ClN4O2. The van der Waals surface area contributed by atoms with Crippen LogP contribution in [0.3, 0.4) is 0 Å². The van der Waals surface area contributed by atoms with Crippen molar-refractivity contribution in [2.75, 3.05) is 12.4 Å². The first-order valence-corrected chi connectivity index (χ1v) is 10.8. The highest BCUT2D eigenvalue weighted by atomic mass is 35.5. The second kappa shape index (κ2) is 7.51. The van der Waals surface area contributed by atoms with Crippen molar-refractivity contribution in [3.63, 3.8) is 0 Å². The number of aryl methyl sites for hydroxylation is 1. The maximum absolute atomic E-state index is 11.3. The zero-order valence-electron chi connectivity index (χ0n) is 17.1. The van der Waals surface area contributed by atoms with Crippen molar-refractivity contribution in [2.45, 2.75) is 50.7 Å². The smallest absolute Gasteiger partial charge is 0.210 e. The number of anilines is 1. The maximum atomic E-state index is 11.3. The van der Waals surface area contributed by atoms with Crippen LogP contribution in [0.1, 0.15) is 31.2 Å². The molecule has 7 heteroatoms. The van der Waals surface area contributed by atoms with Crippen molar-refractivity contribution in [1.82, 2.24) is 14.3 Å². The Balaban J connectivity index is 1.39. The number of aromatic nitrogens is 2. The molecule has 2 aliphatic rings. The van der Waals surface area contributed by atoms with Crippen LogP contribution in [0, 0.1) is 6.92 Å². The van der Waals surface area contributed by atoms with Gasteiger partial charge in [-0.15, -0.1) is 0 Å². The van der Waals surface area contributed by atoms with E-state index in [9.17, 15) is 4.79 Å². The summed E-state index contributed by atoms with van der Waals surface area (Å²) in [4.78, 5) is 18.2. The molecule has 6 nitrogen and oxygen atoms in total. The molecular weight excluding hydrogens is 400 g/mol. The normalized spacial score (nSPS) is 23.0. The molecule has 2 unspecified atom stereocenters. The van der Waals surface area contributed by atoms with Gasteiger partial charge >= 0.3 is 0 Å². The van der Waals surface area contributed by atoms with Crippen LogP contribution in [0.2, 0.25) is 5.02 Å². The van der Waals surface area contributed by atoms with Crippen LogP contribution in [-0.2, 0) is 4.79 Å². The third-order valence-electron chi connectivity index (χ3n) is 6.52. The molecule has 2 aliphatic heterocycles. The first-order chi connectivity index (χ1) is 14.6. The Bertz CT molecular complexity index is 1100. The largest absolute Gasteiger partial charge is 0.495 e. The Labute approximate surface area is 180 Å². The molecule has 2 aromatic heterocycles. The molecule has 1 aromatic carbocycles. The summed E-state index contributed by atoms with van der Waals surface area (Å²) >= 11 is 6.34. The van der Waals surface area contributed by atoms with Crippen molar-refractivity contribution in [3.8, 4) is 17.0 Å². The van der Waals surface area contributed by atoms with Gasteiger partial charge in [0, 0.05) is 47.8 Å². The summed E-state index contributed by atoms with van der Waals surface area (Å²) in [5, 5.41) is 4.25. The second-order valence-corrected chi connectivity index (χ2v) is 8.77. The molecule has 1 N–H and O–H groups in total. The lowest BCUT2D eigenvalue weighted by atomic mass is 9.98. The zero-order valence-corrected chi connectivity index (χ0v) is 17.9. The van der Waals surface area contributed by atoms with Gasteiger partial charge in [0.25, 0.3) is 0 Å². The quantitative estimate of drug-likeness (QED) is 0.611. The number of ether oxygens (including phenoxy) is 1. The number of amides is 1. The standard InChI is InChI=1S/C23H25ClN4O2/c1-14-7-22(30-2)20(24)11-19(14)21-12-27-6-5-15(10-23(27)26-21)25-16-8-17-3-4-18(9-16)28(17)13-29/h5-7,10-13,16-18,25H,3-4,8-9H2,1-2H3. The number of carbonyl (C=O) groups is 1. The lowest BCUT2D eigenvalue weighted by molar-refractivity contribution is -0.122. The number of methoxy groups -OCH3 is 1. The van der Waals surface area contributed by atoms with Gasteiger partial charge in [-0.05, 0) is 56.4 Å². The first kappa shape index (κ1) is 19.2. The molecule has 0 radical (unpaired) electrons. The Morgan fingerprint density at radius 2 is 2.00 bits per heavy atom. The fraction of sp³-hybridized carbons (Fsp3) is 0.391. The second-order valence-electron chi connectivity index (χ2n) is 8.36. The fourth-order valence-electron chi connectivity index (χ4n) is 5.03. The van der Waals surface area contributed by atoms with Crippen molar-refractivity contribution in [3.05, 3.63) is 47.2 Å². The van der Waals surface area contributed by atoms with E-state index in [0.717, 1.165) is 60.2 Å². The van der Waals surface area contributed by atoms with Gasteiger partial charge in [-0.3, -0.25) is 4.79 Å². The molecule has 2 atom stereocenters. The number of rotatable bonds is 5. The number of pyridine rings is 1. The fourth-order valence-corrected chi connectivity index (χ4v) is 5.27. The van der Waals surface area contributed by atoms with E-state index in [2.05, 4.69) is 17.4 Å². The Kier molecular flexibility index (Phi) is 4.82. The highest BCUT2D eigenvalue weighted by molar-refractivity contribution is 6.32. The van der Waals surface area contributed by atoms with E-state index in [1.807, 2.05) is 40.8 Å². The Hall–Kier alpha value is -2.73. The van der Waals surface area contributed by atoms with Gasteiger partial charge < -0.3 is 19.4 Å². The van der Waals surface area contributed by atoms with Crippen LogP contribution in [0.25, 0.3) is 16.9 Å². The molecule has 30 heavy (non-hydrogen) atoms. The Morgan fingerprint density at radius 3 is 2.70 bits per heavy atom. The molecule has 2 fully saturated rings. The summed E-state index contributed by atoms with van der Waals surface area (Å²) in [5.41, 5.74) is 4.89. The SMILES string of the molecule is COc1cc(C)c(-c2cn3ccc(NC4CC5CCC(C4)N5C=O)cc3n2)cc1Cl. The lowest BCUT2D eigenvalue weighted by Gasteiger charge is -2.37. The van der Waals surface area contributed by atoms with Crippen LogP contribution < -0.4 is 10.1 Å². The van der Waals surface area contributed by atoms with E-state index < -0.39 is 0 Å². The van der Waals surface area contributed by atoms with Gasteiger partial charge in [0.05, 0.1) is 17.8 Å². The summed E-state index contributed by atoms with van der Waals surface area (Å²) < 4.78 is 7.33. The highest BCUT2D eigenvalue weighted by Crippen LogP contribution is 2.36. The number of nitrogens with one attached hydrogen (secondary N) is 1. The van der Waals surface area contributed by atoms with Crippen LogP contribution >= 0.6 is 11.6 Å². The molecule has 1 amide bonds. The number of halogens is 1. The van der Waals surface area contributed by atoms with Gasteiger partial charge in [-0.1, -0.05) is 11.6 Å². The van der Waals surface area contributed by atoms with E-state index >= 15 is 0 Å². The van der Waals surface area contributed by atoms with Gasteiger partial charge in [0.15, 0.2) is 0 Å². The van der Waals surface area contributed by atoms with Crippen molar-refractivity contribution in [2.24, 2.45) is 0 Å². The topological polar surface area (TPSA) is 58.9 Å². The molecule has 0 saturated carbocycles. The average molecular weight is 425 g/mol. The van der Waals surface area contributed by atoms with E-state index in [-0.39, 0.29) is 0 Å². The van der Waals surface area contributed by atoms with Gasteiger partial charge in [-0.25, -0.2) is 4.98 Å². The average Bonchev–Trinajstić information content (AvgIpc) is 3.26. The van der Waals surface area contributed by atoms with Gasteiger partial charge in [0.2, 0.25) is 6.41 Å². The number of hydrogen-bond donors (Lipinski definition) is 1. The minimum absolute atomic E-state index is 0.378. The van der Waals surface area contributed by atoms with E-state index in [1.54, 1.807) is 7.11 Å². The number of carbonyl (C=O) groups excluding carboxylic acids is 1. The van der Waals surface area contributed by atoms with Crippen LogP contribution in [0.5, 0.6) is 5.75 Å². The summed E-state index contributed by atoms with van der Waals surface area (Å²) in [5.74, 6) is 0.669. The molecule has 156 valence electrons. The molecule has 2 saturated heterocycles. The van der Waals surface area contributed by atoms with Gasteiger partial charge in [0.1, 0.15) is 11.4 Å². The monoisotopic (exact) mass is 424 g/mol. The third-order valence-corrected chi connectivity index (χ3v) is 6.81. The molecule has 4 heterocycles. The van der Waals surface area contributed by atoms with Crippen molar-refractivity contribution < 1.29 is 9.53 Å². The number of piperidine rings is 1. The maximum Gasteiger partial charge on any atom is 0.210 e. The van der Waals surface area contributed by atoms with Crippen LogP contribution in [0.15, 0.2) is 36.7 Å². The predicted octanol–water partition coefficient (Wildman–Crippen LogP) is 4.54.